The highest BCUT2D eigenvalue weighted by molar-refractivity contribution is 8.00. The molecule has 2 aromatic carbocycles. The Hall–Kier alpha value is -2.77. The summed E-state index contributed by atoms with van der Waals surface area (Å²) in [7, 11) is 0. The molecule has 0 aliphatic carbocycles. The Bertz CT molecular complexity index is 970. The van der Waals surface area contributed by atoms with E-state index >= 15 is 0 Å². The third-order valence-electron chi connectivity index (χ3n) is 3.61. The highest BCUT2D eigenvalue weighted by Crippen LogP contribution is 2.24. The third kappa shape index (κ3) is 3.74. The number of aromatic hydroxyl groups is 1. The van der Waals surface area contributed by atoms with E-state index in [9.17, 15) is 14.7 Å². The van der Waals surface area contributed by atoms with Crippen LogP contribution in [0.2, 0.25) is 5.02 Å². The summed E-state index contributed by atoms with van der Waals surface area (Å²) >= 11 is 7.14. The maximum atomic E-state index is 12.5. The number of nitrogens with two attached hydrogens (primary N) is 1. The van der Waals surface area contributed by atoms with Crippen molar-refractivity contribution < 1.29 is 14.7 Å². The van der Waals surface area contributed by atoms with Gasteiger partial charge < -0.3 is 10.8 Å². The number of carbonyl (C=O) groups excluding carboxylic acids is 2. The second kappa shape index (κ2) is 7.63. The van der Waals surface area contributed by atoms with Crippen molar-refractivity contribution in [2.45, 2.75) is 4.90 Å². The smallest absolute Gasteiger partial charge is 0.259 e. The molecule has 6 nitrogen and oxygen atoms in total. The molecule has 0 aliphatic rings. The number of hydrogen-bond donors (Lipinski definition) is 2. The number of nitrogen functional groups attached to an aromatic ring is 1. The van der Waals surface area contributed by atoms with Crippen LogP contribution >= 0.6 is 23.4 Å². The molecule has 3 rings (SSSR count). The molecule has 1 heterocycles. The summed E-state index contributed by atoms with van der Waals surface area (Å²) in [6, 6.07) is 13.2. The van der Waals surface area contributed by atoms with E-state index < -0.39 is 5.78 Å². The first-order valence-electron chi connectivity index (χ1n) is 7.55. The van der Waals surface area contributed by atoms with Crippen molar-refractivity contribution in [1.82, 2.24) is 9.78 Å². The quantitative estimate of drug-likeness (QED) is 0.513. The van der Waals surface area contributed by atoms with Gasteiger partial charge in [-0.2, -0.15) is 9.78 Å². The summed E-state index contributed by atoms with van der Waals surface area (Å²) in [6.07, 6.45) is 1.23. The lowest BCUT2D eigenvalue weighted by atomic mass is 10.0. The number of benzene rings is 2. The Morgan fingerprint density at radius 1 is 1.12 bits per heavy atom. The lowest BCUT2D eigenvalue weighted by Crippen LogP contribution is -2.18. The van der Waals surface area contributed by atoms with Crippen LogP contribution in [0.1, 0.15) is 20.7 Å². The van der Waals surface area contributed by atoms with Gasteiger partial charge in [0.25, 0.3) is 5.91 Å². The van der Waals surface area contributed by atoms with E-state index in [-0.39, 0.29) is 34.4 Å². The van der Waals surface area contributed by atoms with Gasteiger partial charge in [-0.05, 0) is 36.4 Å². The molecular formula is C18H14ClN3O3S. The number of ketones is 1. The van der Waals surface area contributed by atoms with Crippen LogP contribution in [0.25, 0.3) is 0 Å². The Morgan fingerprint density at radius 2 is 1.81 bits per heavy atom. The summed E-state index contributed by atoms with van der Waals surface area (Å²) in [5.74, 6) is -0.976. The topological polar surface area (TPSA) is 98.2 Å². The number of rotatable bonds is 5. The van der Waals surface area contributed by atoms with Crippen LogP contribution in [0.5, 0.6) is 5.75 Å². The number of nitrogens with zero attached hydrogens (tertiary/aromatic N) is 2. The fourth-order valence-corrected chi connectivity index (χ4v) is 3.15. The third-order valence-corrected chi connectivity index (χ3v) is 4.86. The van der Waals surface area contributed by atoms with Gasteiger partial charge in [-0.15, -0.1) is 11.8 Å². The van der Waals surface area contributed by atoms with E-state index in [1.807, 2.05) is 0 Å². The minimum absolute atomic E-state index is 0.0556. The number of carbonyl (C=O) groups is 2. The van der Waals surface area contributed by atoms with Crippen molar-refractivity contribution in [3.63, 3.8) is 0 Å². The lowest BCUT2D eigenvalue weighted by molar-refractivity contribution is 0.0929. The molecular weight excluding hydrogens is 374 g/mol. The summed E-state index contributed by atoms with van der Waals surface area (Å²) in [4.78, 5) is 25.7. The van der Waals surface area contributed by atoms with Crippen LogP contribution in [0, 0.1) is 0 Å². The van der Waals surface area contributed by atoms with Gasteiger partial charge in [0.05, 0.1) is 23.1 Å². The molecule has 3 N–H and O–H groups in total. The highest BCUT2D eigenvalue weighted by Gasteiger charge is 2.21. The monoisotopic (exact) mass is 387 g/mol. The van der Waals surface area contributed by atoms with Gasteiger partial charge in [0.1, 0.15) is 11.6 Å². The fraction of sp³-hybridized carbons (Fsp3) is 0.0556. The molecule has 1 aromatic heterocycles. The number of thioether (sulfide) groups is 1. The van der Waals surface area contributed by atoms with Gasteiger partial charge in [-0.3, -0.25) is 9.59 Å². The second-order valence-electron chi connectivity index (χ2n) is 5.34. The van der Waals surface area contributed by atoms with E-state index in [2.05, 4.69) is 5.10 Å². The fourth-order valence-electron chi connectivity index (χ4n) is 2.28. The first-order chi connectivity index (χ1) is 12.5. The molecule has 0 radical (unpaired) electrons. The van der Waals surface area contributed by atoms with E-state index in [1.54, 1.807) is 36.4 Å². The molecule has 0 unspecified atom stereocenters. The first kappa shape index (κ1) is 18.0. The van der Waals surface area contributed by atoms with Crippen molar-refractivity contribution >= 4 is 40.9 Å². The maximum absolute atomic E-state index is 12.5. The molecule has 132 valence electrons. The van der Waals surface area contributed by atoms with Crippen molar-refractivity contribution in [2.24, 2.45) is 0 Å². The zero-order chi connectivity index (χ0) is 18.7. The Morgan fingerprint density at radius 3 is 2.50 bits per heavy atom. The average molecular weight is 388 g/mol. The molecule has 0 atom stereocenters. The predicted molar refractivity (Wildman–Crippen MR) is 101 cm³/mol. The normalized spacial score (nSPS) is 10.7. The molecule has 0 fully saturated rings. The maximum Gasteiger partial charge on any atom is 0.259 e. The SMILES string of the molecule is Nc1c(C(=O)c2ccccc2O)cnn1C(=O)CSc1ccc(Cl)cc1. The van der Waals surface area contributed by atoms with Crippen LogP contribution in [0.3, 0.4) is 0 Å². The van der Waals surface area contributed by atoms with Crippen molar-refractivity contribution in [2.75, 3.05) is 11.5 Å². The van der Waals surface area contributed by atoms with Gasteiger partial charge >= 0.3 is 0 Å². The van der Waals surface area contributed by atoms with E-state index in [0.29, 0.717) is 5.02 Å². The van der Waals surface area contributed by atoms with Gasteiger partial charge in [0, 0.05) is 9.92 Å². The number of para-hydroxylation sites is 1. The van der Waals surface area contributed by atoms with Crippen LogP contribution in [0.4, 0.5) is 5.82 Å². The van der Waals surface area contributed by atoms with Crippen LogP contribution in [-0.4, -0.2) is 32.3 Å². The van der Waals surface area contributed by atoms with E-state index in [1.165, 1.54) is 30.1 Å². The van der Waals surface area contributed by atoms with Gasteiger partial charge in [-0.25, -0.2) is 0 Å². The predicted octanol–water partition coefficient (Wildman–Crippen LogP) is 3.49. The van der Waals surface area contributed by atoms with Crippen molar-refractivity contribution in [3.8, 4) is 5.75 Å². The van der Waals surface area contributed by atoms with E-state index in [0.717, 1.165) is 9.58 Å². The molecule has 0 amide bonds. The standard InChI is InChI=1S/C18H14ClN3O3S/c19-11-5-7-12(8-6-11)26-10-16(24)22-18(20)14(9-21-22)17(25)13-3-1-2-4-15(13)23/h1-9,23H,10,20H2. The first-order valence-corrected chi connectivity index (χ1v) is 8.91. The Balaban J connectivity index is 1.76. The minimum atomic E-state index is -0.495. The highest BCUT2D eigenvalue weighted by atomic mass is 35.5. The zero-order valence-corrected chi connectivity index (χ0v) is 15.0. The number of halogens is 1. The molecule has 0 aliphatic heterocycles. The van der Waals surface area contributed by atoms with Gasteiger partial charge in [-0.1, -0.05) is 23.7 Å². The van der Waals surface area contributed by atoms with Crippen LogP contribution < -0.4 is 5.73 Å². The van der Waals surface area contributed by atoms with Gasteiger partial charge in [0.2, 0.25) is 5.78 Å². The molecule has 0 saturated carbocycles. The minimum Gasteiger partial charge on any atom is -0.507 e. The van der Waals surface area contributed by atoms with Crippen LogP contribution in [-0.2, 0) is 0 Å². The number of hydrogen-bond acceptors (Lipinski definition) is 6. The van der Waals surface area contributed by atoms with Crippen LogP contribution in [0.15, 0.2) is 59.6 Å². The Kier molecular flexibility index (Phi) is 5.29. The number of anilines is 1. The molecule has 0 spiro atoms. The number of aromatic nitrogens is 2. The molecule has 8 heteroatoms. The summed E-state index contributed by atoms with van der Waals surface area (Å²) in [6.45, 7) is 0. The summed E-state index contributed by atoms with van der Waals surface area (Å²) in [5, 5.41) is 14.3. The van der Waals surface area contributed by atoms with Crippen molar-refractivity contribution in [1.29, 1.82) is 0 Å². The van der Waals surface area contributed by atoms with Gasteiger partial charge in [0.15, 0.2) is 0 Å². The second-order valence-corrected chi connectivity index (χ2v) is 6.82. The molecule has 0 bridgehead atoms. The lowest BCUT2D eigenvalue weighted by Gasteiger charge is -2.05. The molecule has 3 aromatic rings. The summed E-state index contributed by atoms with van der Waals surface area (Å²) < 4.78 is 0.996. The number of phenols is 1. The molecule has 0 saturated heterocycles. The number of phenolic OH excluding ortho intramolecular Hbond substituents is 1. The average Bonchev–Trinajstić information content (AvgIpc) is 3.02. The summed E-state index contributed by atoms with van der Waals surface area (Å²) in [5.41, 5.74) is 6.10. The Labute approximate surface area is 158 Å². The zero-order valence-electron chi connectivity index (χ0n) is 13.4. The van der Waals surface area contributed by atoms with E-state index in [4.69, 9.17) is 17.3 Å². The van der Waals surface area contributed by atoms with Crippen molar-refractivity contribution in [3.05, 3.63) is 70.9 Å². The largest absolute Gasteiger partial charge is 0.507 e. The molecule has 26 heavy (non-hydrogen) atoms.